The summed E-state index contributed by atoms with van der Waals surface area (Å²) in [6.07, 6.45) is 5.81. The molecule has 0 spiro atoms. The first-order valence-electron chi connectivity index (χ1n) is 11.5. The second-order valence-corrected chi connectivity index (χ2v) is 15.7. The van der Waals surface area contributed by atoms with Gasteiger partial charge in [0.05, 0.1) is 23.8 Å². The third kappa shape index (κ3) is 3.66. The minimum Gasteiger partial charge on any atom is -0.413 e. The lowest BCUT2D eigenvalue weighted by Gasteiger charge is -2.48. The number of fused-ring (bicyclic) bond motifs is 2. The predicted octanol–water partition coefficient (Wildman–Crippen LogP) is 4.23. The van der Waals surface area contributed by atoms with Crippen molar-refractivity contribution in [2.45, 2.75) is 96.5 Å². The van der Waals surface area contributed by atoms with Gasteiger partial charge in [-0.3, -0.25) is 14.6 Å². The normalized spacial score (nSPS) is 27.6. The molecule has 1 saturated heterocycles. The van der Waals surface area contributed by atoms with Crippen LogP contribution in [-0.4, -0.2) is 37.1 Å². The van der Waals surface area contributed by atoms with Crippen molar-refractivity contribution < 1.29 is 14.0 Å². The summed E-state index contributed by atoms with van der Waals surface area (Å²) in [4.78, 5) is 30.8. The van der Waals surface area contributed by atoms with Crippen LogP contribution in [0.1, 0.15) is 74.3 Å². The SMILES string of the molecule is C[C@@H](O[Si](C)(C)C(C)(C)C)[C@H]1C(=O)N[C@H]1[C@@H]1CCc2nc3c(cc2C1=O)CCCC3. The lowest BCUT2D eigenvalue weighted by molar-refractivity contribution is -0.141. The van der Waals surface area contributed by atoms with Crippen molar-refractivity contribution in [3.8, 4) is 0 Å². The Bertz CT molecular complexity index is 874. The number of carbonyl (C=O) groups excluding carboxylic acids is 2. The van der Waals surface area contributed by atoms with Crippen LogP contribution >= 0.6 is 0 Å². The van der Waals surface area contributed by atoms with E-state index < -0.39 is 8.32 Å². The zero-order valence-electron chi connectivity index (χ0n) is 19.3. The Balaban J connectivity index is 1.53. The Morgan fingerprint density at radius 2 is 1.83 bits per heavy atom. The van der Waals surface area contributed by atoms with Gasteiger partial charge in [0, 0.05) is 17.2 Å². The van der Waals surface area contributed by atoms with Crippen LogP contribution in [0.2, 0.25) is 18.1 Å². The quantitative estimate of drug-likeness (QED) is 0.576. The van der Waals surface area contributed by atoms with Gasteiger partial charge in [-0.15, -0.1) is 0 Å². The van der Waals surface area contributed by atoms with E-state index in [1.165, 1.54) is 24.1 Å². The molecule has 3 aliphatic rings. The van der Waals surface area contributed by atoms with Crippen molar-refractivity contribution in [2.75, 3.05) is 0 Å². The van der Waals surface area contributed by atoms with Crippen LogP contribution in [0, 0.1) is 11.8 Å². The molecule has 0 unspecified atom stereocenters. The molecule has 4 atom stereocenters. The molecule has 1 aliphatic heterocycles. The number of hydrogen-bond acceptors (Lipinski definition) is 4. The molecular weight excluding hydrogens is 392 g/mol. The lowest BCUT2D eigenvalue weighted by atomic mass is 9.71. The average Bonchev–Trinajstić information content (AvgIpc) is 2.64. The van der Waals surface area contributed by atoms with Crippen molar-refractivity contribution in [1.29, 1.82) is 0 Å². The van der Waals surface area contributed by atoms with Gasteiger partial charge in [0.15, 0.2) is 14.1 Å². The Morgan fingerprint density at radius 3 is 2.50 bits per heavy atom. The molecule has 1 aromatic heterocycles. The molecule has 0 bridgehead atoms. The molecule has 2 heterocycles. The van der Waals surface area contributed by atoms with Crippen molar-refractivity contribution in [2.24, 2.45) is 11.8 Å². The first-order valence-corrected chi connectivity index (χ1v) is 14.4. The number of amides is 1. The highest BCUT2D eigenvalue weighted by Crippen LogP contribution is 2.41. The van der Waals surface area contributed by atoms with E-state index in [2.05, 4.69) is 45.2 Å². The van der Waals surface area contributed by atoms with Gasteiger partial charge in [-0.05, 0) is 75.2 Å². The summed E-state index contributed by atoms with van der Waals surface area (Å²) >= 11 is 0. The number of ketones is 1. The highest BCUT2D eigenvalue weighted by molar-refractivity contribution is 6.74. The predicted molar refractivity (Wildman–Crippen MR) is 120 cm³/mol. The second-order valence-electron chi connectivity index (χ2n) is 10.9. The first kappa shape index (κ1) is 21.7. The maximum absolute atomic E-state index is 13.4. The van der Waals surface area contributed by atoms with Crippen LogP contribution in [0.15, 0.2) is 6.07 Å². The zero-order chi connectivity index (χ0) is 21.8. The van der Waals surface area contributed by atoms with Crippen molar-refractivity contribution in [3.63, 3.8) is 0 Å². The van der Waals surface area contributed by atoms with Crippen LogP contribution in [-0.2, 0) is 28.5 Å². The lowest BCUT2D eigenvalue weighted by Crippen LogP contribution is -2.67. The third-order valence-corrected chi connectivity index (χ3v) is 12.5. The molecule has 0 saturated carbocycles. The molecule has 1 aromatic rings. The highest BCUT2D eigenvalue weighted by atomic mass is 28.4. The molecule has 1 N–H and O–H groups in total. The number of aromatic nitrogens is 1. The number of nitrogens with zero attached hydrogens (tertiary/aromatic N) is 1. The summed E-state index contributed by atoms with van der Waals surface area (Å²) in [6, 6.07) is 1.98. The Hall–Kier alpha value is -1.53. The largest absolute Gasteiger partial charge is 0.413 e. The maximum Gasteiger partial charge on any atom is 0.228 e. The summed E-state index contributed by atoms with van der Waals surface area (Å²) in [6.45, 7) is 13.1. The Kier molecular flexibility index (Phi) is 5.46. The van der Waals surface area contributed by atoms with E-state index >= 15 is 0 Å². The standard InChI is InChI=1S/C24H36N2O3Si/c1-14(29-30(5,6)24(2,3)4)20-21(26-23(20)28)16-11-12-19-17(22(16)27)13-15-9-7-8-10-18(15)25-19/h13-14,16,20-21H,7-12H2,1-6H3,(H,26,28)/t14-,16+,20-,21+/m1/s1. The van der Waals surface area contributed by atoms with E-state index in [-0.39, 0.29) is 40.7 Å². The number of pyridine rings is 1. The van der Waals surface area contributed by atoms with E-state index in [1.807, 2.05) is 6.92 Å². The molecule has 0 radical (unpaired) electrons. The molecule has 2 aliphatic carbocycles. The monoisotopic (exact) mass is 428 g/mol. The van der Waals surface area contributed by atoms with Gasteiger partial charge >= 0.3 is 0 Å². The van der Waals surface area contributed by atoms with Gasteiger partial charge < -0.3 is 9.74 Å². The number of aryl methyl sites for hydroxylation is 3. The van der Waals surface area contributed by atoms with Gasteiger partial charge in [0.2, 0.25) is 5.91 Å². The number of rotatable bonds is 4. The van der Waals surface area contributed by atoms with Crippen LogP contribution in [0.3, 0.4) is 0 Å². The number of carbonyl (C=O) groups is 2. The van der Waals surface area contributed by atoms with Gasteiger partial charge in [0.1, 0.15) is 0 Å². The van der Waals surface area contributed by atoms with Gasteiger partial charge in [-0.25, -0.2) is 0 Å². The van der Waals surface area contributed by atoms with E-state index in [9.17, 15) is 9.59 Å². The van der Waals surface area contributed by atoms with Crippen LogP contribution in [0.25, 0.3) is 0 Å². The molecule has 6 heteroatoms. The molecule has 30 heavy (non-hydrogen) atoms. The van der Waals surface area contributed by atoms with Crippen LogP contribution in [0.4, 0.5) is 0 Å². The Morgan fingerprint density at radius 1 is 1.13 bits per heavy atom. The molecular formula is C24H36N2O3Si. The topological polar surface area (TPSA) is 68.3 Å². The molecule has 4 rings (SSSR count). The number of β-lactam (4-membered cyclic amide) rings is 1. The van der Waals surface area contributed by atoms with Crippen molar-refractivity contribution >= 4 is 20.0 Å². The fourth-order valence-electron chi connectivity index (χ4n) is 5.03. The molecule has 0 aromatic carbocycles. The summed E-state index contributed by atoms with van der Waals surface area (Å²) in [5, 5.41) is 3.13. The second kappa shape index (κ2) is 7.55. The third-order valence-electron chi connectivity index (χ3n) is 7.90. The summed E-state index contributed by atoms with van der Waals surface area (Å²) in [7, 11) is -1.99. The first-order chi connectivity index (χ1) is 14.0. The molecule has 1 fully saturated rings. The zero-order valence-corrected chi connectivity index (χ0v) is 20.3. The minimum absolute atomic E-state index is 0.0216. The van der Waals surface area contributed by atoms with Crippen LogP contribution < -0.4 is 5.32 Å². The molecule has 1 amide bonds. The van der Waals surface area contributed by atoms with E-state index in [0.717, 1.165) is 36.9 Å². The minimum atomic E-state index is -1.99. The van der Waals surface area contributed by atoms with E-state index in [0.29, 0.717) is 0 Å². The highest BCUT2D eigenvalue weighted by Gasteiger charge is 2.52. The summed E-state index contributed by atoms with van der Waals surface area (Å²) in [5.41, 5.74) is 4.20. The fraction of sp³-hybridized carbons (Fsp3) is 0.708. The van der Waals surface area contributed by atoms with E-state index in [1.54, 1.807) is 0 Å². The maximum atomic E-state index is 13.4. The fourth-order valence-corrected chi connectivity index (χ4v) is 6.46. The van der Waals surface area contributed by atoms with Gasteiger partial charge in [-0.2, -0.15) is 0 Å². The van der Waals surface area contributed by atoms with Crippen molar-refractivity contribution in [3.05, 3.63) is 28.6 Å². The number of nitrogens with one attached hydrogen (secondary N) is 1. The van der Waals surface area contributed by atoms with Gasteiger partial charge in [0.25, 0.3) is 0 Å². The number of Topliss-reactive ketones (excluding diaryl/α,β-unsaturated/α-hetero) is 1. The average molecular weight is 429 g/mol. The van der Waals surface area contributed by atoms with Crippen molar-refractivity contribution in [1.82, 2.24) is 10.3 Å². The smallest absolute Gasteiger partial charge is 0.228 e. The Labute approximate surface area is 181 Å². The van der Waals surface area contributed by atoms with E-state index in [4.69, 9.17) is 9.41 Å². The van der Waals surface area contributed by atoms with Gasteiger partial charge in [-0.1, -0.05) is 20.8 Å². The molecule has 5 nitrogen and oxygen atoms in total. The number of hydrogen-bond donors (Lipinski definition) is 1. The molecule has 164 valence electrons. The van der Waals surface area contributed by atoms with Crippen LogP contribution in [0.5, 0.6) is 0 Å². The summed E-state index contributed by atoms with van der Waals surface area (Å²) in [5.74, 6) is -0.241. The summed E-state index contributed by atoms with van der Waals surface area (Å²) < 4.78 is 6.53.